The minimum atomic E-state index is -0.655. The van der Waals surface area contributed by atoms with Gasteiger partial charge in [0.1, 0.15) is 12.4 Å². The maximum atomic E-state index is 11.3. The zero-order valence-corrected chi connectivity index (χ0v) is 22.2. The van der Waals surface area contributed by atoms with Gasteiger partial charge in [0.05, 0.1) is 24.8 Å². The van der Waals surface area contributed by atoms with E-state index in [-0.39, 0.29) is 17.8 Å². The van der Waals surface area contributed by atoms with Gasteiger partial charge in [-0.25, -0.2) is 4.98 Å². The summed E-state index contributed by atoms with van der Waals surface area (Å²) in [6, 6.07) is 12.9. The Kier molecular flexibility index (Phi) is 6.65. The Morgan fingerprint density at radius 1 is 1.14 bits per heavy atom. The zero-order chi connectivity index (χ0) is 25.5. The van der Waals surface area contributed by atoms with Gasteiger partial charge in [-0.1, -0.05) is 29.8 Å². The van der Waals surface area contributed by atoms with Crippen molar-refractivity contribution in [2.75, 3.05) is 44.3 Å². The van der Waals surface area contributed by atoms with Gasteiger partial charge in [0, 0.05) is 43.7 Å². The highest BCUT2D eigenvalue weighted by molar-refractivity contribution is 7.14. The molecule has 7 nitrogen and oxygen atoms in total. The standard InChI is InChI=1S/C29H33N3O4S/c1-18-3-6-26(36-16-21-5-4-20(12-19(21)2)13-31-7-9-35-10-8-31)22(11-18)25-17-37-29(30-25)32-14-23-24(15-32)27(23)28(33)34/h3-6,11-12,17,23-24,27H,7-10,13-16H2,1-2H3,(H,33,34)/t23-,24+,27-. The van der Waals surface area contributed by atoms with E-state index in [1.165, 1.54) is 16.7 Å². The molecule has 0 unspecified atom stereocenters. The third kappa shape index (κ3) is 5.10. The number of thiazole rings is 1. The molecule has 0 spiro atoms. The second kappa shape index (κ2) is 10.1. The van der Waals surface area contributed by atoms with E-state index in [4.69, 9.17) is 14.5 Å². The number of fused-ring (bicyclic) bond motifs is 1. The number of carboxylic acids is 1. The van der Waals surface area contributed by atoms with Crippen molar-refractivity contribution in [3.8, 4) is 17.0 Å². The van der Waals surface area contributed by atoms with Crippen LogP contribution in [0.25, 0.3) is 11.3 Å². The van der Waals surface area contributed by atoms with E-state index >= 15 is 0 Å². The van der Waals surface area contributed by atoms with Gasteiger partial charge in [-0.05, 0) is 54.5 Å². The van der Waals surface area contributed by atoms with Gasteiger partial charge in [-0.3, -0.25) is 9.69 Å². The summed E-state index contributed by atoms with van der Waals surface area (Å²) in [4.78, 5) is 20.9. The van der Waals surface area contributed by atoms with Crippen LogP contribution in [0.3, 0.4) is 0 Å². The molecule has 3 aliphatic rings. The van der Waals surface area contributed by atoms with Crippen molar-refractivity contribution in [2.24, 2.45) is 17.8 Å². The second-order valence-corrected chi connectivity index (χ2v) is 11.4. The number of nitrogens with zero attached hydrogens (tertiary/aromatic N) is 3. The molecule has 6 rings (SSSR count). The van der Waals surface area contributed by atoms with Crippen molar-refractivity contribution in [1.29, 1.82) is 0 Å². The normalized spacial score (nSPS) is 23.2. The lowest BCUT2D eigenvalue weighted by molar-refractivity contribution is -0.139. The summed E-state index contributed by atoms with van der Waals surface area (Å²) in [6.07, 6.45) is 0. The predicted octanol–water partition coefficient (Wildman–Crippen LogP) is 4.60. The largest absolute Gasteiger partial charge is 0.488 e. The number of carboxylic acid groups (broad SMARTS) is 1. The molecule has 8 heteroatoms. The minimum absolute atomic E-state index is 0.163. The van der Waals surface area contributed by atoms with E-state index in [0.717, 1.165) is 73.6 Å². The molecule has 3 fully saturated rings. The van der Waals surface area contributed by atoms with Gasteiger partial charge in [-0.15, -0.1) is 11.3 Å². The molecule has 1 aromatic heterocycles. The number of rotatable bonds is 8. The Morgan fingerprint density at radius 2 is 1.92 bits per heavy atom. The van der Waals surface area contributed by atoms with Crippen LogP contribution in [0.5, 0.6) is 5.75 Å². The molecule has 2 aromatic carbocycles. The number of hydrogen-bond donors (Lipinski definition) is 1. The van der Waals surface area contributed by atoms with E-state index in [1.54, 1.807) is 11.3 Å². The molecule has 3 atom stereocenters. The smallest absolute Gasteiger partial charge is 0.307 e. The molecule has 1 aliphatic carbocycles. The Balaban J connectivity index is 1.13. The molecule has 37 heavy (non-hydrogen) atoms. The molecule has 1 N–H and O–H groups in total. The summed E-state index contributed by atoms with van der Waals surface area (Å²) in [7, 11) is 0. The number of aromatic nitrogens is 1. The second-order valence-electron chi connectivity index (χ2n) is 10.5. The van der Waals surface area contributed by atoms with E-state index < -0.39 is 5.97 Å². The first-order valence-electron chi connectivity index (χ1n) is 13.0. The SMILES string of the molecule is Cc1ccc(OCc2ccc(CN3CCOCC3)cc2C)c(-c2csc(N3C[C@@H]4[C@H](C3)[C@@H]4C(=O)O)n2)c1. The average molecular weight is 520 g/mol. The third-order valence-corrected chi connectivity index (χ3v) is 8.85. The van der Waals surface area contributed by atoms with Crippen molar-refractivity contribution in [3.63, 3.8) is 0 Å². The van der Waals surface area contributed by atoms with Crippen molar-refractivity contribution in [2.45, 2.75) is 27.0 Å². The highest BCUT2D eigenvalue weighted by Gasteiger charge is 2.60. The fourth-order valence-electron chi connectivity index (χ4n) is 5.74. The molecule has 2 aliphatic heterocycles. The third-order valence-electron chi connectivity index (χ3n) is 7.95. The van der Waals surface area contributed by atoms with Crippen LogP contribution in [0.2, 0.25) is 0 Å². The lowest BCUT2D eigenvalue weighted by atomic mass is 10.0. The molecule has 3 heterocycles. The monoisotopic (exact) mass is 519 g/mol. The first kappa shape index (κ1) is 24.4. The number of carbonyl (C=O) groups is 1. The van der Waals surface area contributed by atoms with Gasteiger partial charge >= 0.3 is 5.97 Å². The molecule has 0 amide bonds. The maximum Gasteiger partial charge on any atom is 0.307 e. The van der Waals surface area contributed by atoms with Crippen LogP contribution >= 0.6 is 11.3 Å². The number of piperidine rings is 1. The van der Waals surface area contributed by atoms with Crippen molar-refractivity contribution in [3.05, 3.63) is 64.0 Å². The minimum Gasteiger partial charge on any atom is -0.488 e. The number of hydrogen-bond acceptors (Lipinski definition) is 7. The maximum absolute atomic E-state index is 11.3. The number of aryl methyl sites for hydroxylation is 2. The van der Waals surface area contributed by atoms with Gasteiger partial charge in [0.25, 0.3) is 0 Å². The molecule has 194 valence electrons. The number of aliphatic carboxylic acids is 1. The fraction of sp³-hybridized carbons (Fsp3) is 0.448. The Morgan fingerprint density at radius 3 is 2.65 bits per heavy atom. The van der Waals surface area contributed by atoms with Crippen LogP contribution in [0, 0.1) is 31.6 Å². The number of morpholine rings is 1. The zero-order valence-electron chi connectivity index (χ0n) is 21.4. The van der Waals surface area contributed by atoms with Crippen LogP contribution in [-0.2, 0) is 22.7 Å². The molecule has 2 saturated heterocycles. The molecular weight excluding hydrogens is 486 g/mol. The van der Waals surface area contributed by atoms with Crippen LogP contribution in [0.15, 0.2) is 41.8 Å². The van der Waals surface area contributed by atoms with E-state index in [0.29, 0.717) is 6.61 Å². The molecule has 0 bridgehead atoms. The van der Waals surface area contributed by atoms with Crippen molar-refractivity contribution in [1.82, 2.24) is 9.88 Å². The van der Waals surface area contributed by atoms with Gasteiger partial charge in [0.2, 0.25) is 0 Å². The Labute approximate surface area is 221 Å². The fourth-order valence-corrected chi connectivity index (χ4v) is 6.59. The molecule has 3 aromatic rings. The Bertz CT molecular complexity index is 1290. The molecular formula is C29H33N3O4S. The summed E-state index contributed by atoms with van der Waals surface area (Å²) in [5, 5.41) is 12.4. The quantitative estimate of drug-likeness (QED) is 0.466. The topological polar surface area (TPSA) is 75.1 Å². The van der Waals surface area contributed by atoms with Crippen LogP contribution in [0.4, 0.5) is 5.13 Å². The van der Waals surface area contributed by atoms with Crippen molar-refractivity contribution >= 4 is 22.4 Å². The van der Waals surface area contributed by atoms with Gasteiger partial charge < -0.3 is 19.5 Å². The van der Waals surface area contributed by atoms with Crippen molar-refractivity contribution < 1.29 is 19.4 Å². The van der Waals surface area contributed by atoms with E-state index in [9.17, 15) is 9.90 Å². The predicted molar refractivity (Wildman–Crippen MR) is 144 cm³/mol. The highest BCUT2D eigenvalue weighted by Crippen LogP contribution is 2.53. The van der Waals surface area contributed by atoms with E-state index in [2.05, 4.69) is 59.4 Å². The summed E-state index contributed by atoms with van der Waals surface area (Å²) < 4.78 is 11.8. The van der Waals surface area contributed by atoms with Gasteiger partial charge in [0.15, 0.2) is 5.13 Å². The Hall–Kier alpha value is -2.94. The summed E-state index contributed by atoms with van der Waals surface area (Å²) in [5.74, 6) is 0.550. The first-order valence-corrected chi connectivity index (χ1v) is 13.9. The van der Waals surface area contributed by atoms with Crippen LogP contribution < -0.4 is 9.64 Å². The number of benzene rings is 2. The van der Waals surface area contributed by atoms with E-state index in [1.807, 2.05) is 6.07 Å². The molecule has 0 radical (unpaired) electrons. The summed E-state index contributed by atoms with van der Waals surface area (Å²) >= 11 is 1.62. The highest BCUT2D eigenvalue weighted by atomic mass is 32.1. The van der Waals surface area contributed by atoms with Gasteiger partial charge in [-0.2, -0.15) is 0 Å². The number of ether oxygens (including phenoxy) is 2. The summed E-state index contributed by atoms with van der Waals surface area (Å²) in [5.41, 5.74) is 6.81. The number of anilines is 1. The average Bonchev–Trinajstić information content (AvgIpc) is 3.21. The lowest BCUT2D eigenvalue weighted by Gasteiger charge is -2.26. The lowest BCUT2D eigenvalue weighted by Crippen LogP contribution is -2.35. The van der Waals surface area contributed by atoms with Crippen LogP contribution in [-0.4, -0.2) is 60.4 Å². The molecule has 1 saturated carbocycles. The van der Waals surface area contributed by atoms with Crippen LogP contribution in [0.1, 0.15) is 22.3 Å². The summed E-state index contributed by atoms with van der Waals surface area (Å²) in [6.45, 7) is 10.9. The first-order chi connectivity index (χ1) is 18.0.